The van der Waals surface area contributed by atoms with Gasteiger partial charge in [0.2, 0.25) is 0 Å². The van der Waals surface area contributed by atoms with Gasteiger partial charge in [-0.05, 0) is 24.3 Å². The molecule has 3 rings (SSSR count). The van der Waals surface area contributed by atoms with Gasteiger partial charge in [0.25, 0.3) is 0 Å². The van der Waals surface area contributed by atoms with Crippen LogP contribution in [-0.4, -0.2) is 31.8 Å². The van der Waals surface area contributed by atoms with Gasteiger partial charge in [0.1, 0.15) is 17.2 Å². The molecule has 0 fully saturated rings. The molecule has 6 nitrogen and oxygen atoms in total. The maximum atomic E-state index is 10.00. The van der Waals surface area contributed by atoms with Crippen molar-refractivity contribution in [1.29, 1.82) is 0 Å². The molecule has 3 N–H and O–H groups in total. The van der Waals surface area contributed by atoms with Crippen LogP contribution in [0.4, 0.5) is 0 Å². The lowest BCUT2D eigenvalue weighted by Crippen LogP contribution is -2.40. The molecular weight excluding hydrogens is 445 g/mol. The lowest BCUT2D eigenvalue weighted by Gasteiger charge is -2.28. The Labute approximate surface area is 170 Å². The molecule has 0 saturated heterocycles. The van der Waals surface area contributed by atoms with E-state index in [4.69, 9.17) is 9.47 Å². The van der Waals surface area contributed by atoms with Gasteiger partial charge < -0.3 is 25.2 Å². The van der Waals surface area contributed by atoms with Gasteiger partial charge in [-0.2, -0.15) is 0 Å². The monoisotopic (exact) mass is 469 g/mol. The molecule has 0 amide bonds. The molecule has 26 heavy (non-hydrogen) atoms. The zero-order valence-corrected chi connectivity index (χ0v) is 17.2. The van der Waals surface area contributed by atoms with Crippen LogP contribution in [0.3, 0.4) is 0 Å². The average molecular weight is 469 g/mol. The third-order valence-corrected chi connectivity index (χ3v) is 4.23. The fourth-order valence-corrected chi connectivity index (χ4v) is 2.86. The van der Waals surface area contributed by atoms with Crippen LogP contribution in [0.1, 0.15) is 23.6 Å². The van der Waals surface area contributed by atoms with Crippen molar-refractivity contribution in [2.45, 2.75) is 19.0 Å². The maximum Gasteiger partial charge on any atom is 0.191 e. The van der Waals surface area contributed by atoms with Crippen LogP contribution in [0.2, 0.25) is 0 Å². The second kappa shape index (κ2) is 9.51. The Kier molecular flexibility index (Phi) is 7.38. The first-order valence-electron chi connectivity index (χ1n) is 8.26. The first kappa shape index (κ1) is 20.2. The van der Waals surface area contributed by atoms with E-state index in [1.54, 1.807) is 32.4 Å². The first-order valence-corrected chi connectivity index (χ1v) is 8.26. The molecule has 0 saturated carbocycles. The van der Waals surface area contributed by atoms with Crippen molar-refractivity contribution in [3.63, 3.8) is 0 Å². The quantitative estimate of drug-likeness (QED) is 0.365. The van der Waals surface area contributed by atoms with E-state index >= 15 is 0 Å². The van der Waals surface area contributed by atoms with Crippen LogP contribution in [-0.2, 0) is 6.54 Å². The number of hydrogen-bond acceptors (Lipinski definition) is 4. The Morgan fingerprint density at radius 3 is 2.88 bits per heavy atom. The van der Waals surface area contributed by atoms with E-state index < -0.39 is 0 Å². The Morgan fingerprint density at radius 2 is 2.12 bits per heavy atom. The highest BCUT2D eigenvalue weighted by Gasteiger charge is 2.21. The third-order valence-electron chi connectivity index (χ3n) is 4.23. The minimum atomic E-state index is 0. The topological polar surface area (TPSA) is 75.1 Å². The van der Waals surface area contributed by atoms with Crippen molar-refractivity contribution >= 4 is 29.9 Å². The molecule has 1 aliphatic rings. The van der Waals surface area contributed by atoms with Crippen LogP contribution in [0.25, 0.3) is 0 Å². The zero-order chi connectivity index (χ0) is 17.6. The molecule has 0 spiro atoms. The summed E-state index contributed by atoms with van der Waals surface area (Å²) in [6.07, 6.45) is 0.863. The van der Waals surface area contributed by atoms with Gasteiger partial charge in [-0.15, -0.1) is 24.0 Å². The Morgan fingerprint density at radius 1 is 1.31 bits per heavy atom. The molecule has 7 heteroatoms. The number of guanidine groups is 1. The Balaban J connectivity index is 0.00000243. The fourth-order valence-electron chi connectivity index (χ4n) is 2.86. The van der Waals surface area contributed by atoms with Crippen molar-refractivity contribution in [1.82, 2.24) is 10.6 Å². The number of para-hydroxylation sites is 1. The van der Waals surface area contributed by atoms with Gasteiger partial charge in [-0.1, -0.05) is 18.2 Å². The van der Waals surface area contributed by atoms with E-state index in [1.807, 2.05) is 18.2 Å². The lowest BCUT2D eigenvalue weighted by atomic mass is 10.0. The van der Waals surface area contributed by atoms with Crippen molar-refractivity contribution in [2.75, 3.05) is 20.8 Å². The molecule has 0 bridgehead atoms. The number of ether oxygens (including phenoxy) is 2. The SMILES string of the molecule is CN=C(NCc1cc(OC)ccc1O)NC1CCOc2ccccc21.I. The second-order valence-corrected chi connectivity index (χ2v) is 5.79. The van der Waals surface area contributed by atoms with E-state index in [9.17, 15) is 5.11 Å². The highest BCUT2D eigenvalue weighted by molar-refractivity contribution is 14.0. The van der Waals surface area contributed by atoms with E-state index in [0.29, 0.717) is 24.9 Å². The predicted octanol–water partition coefficient (Wildman–Crippen LogP) is 3.21. The Hall–Kier alpha value is -2.16. The molecule has 140 valence electrons. The molecule has 1 aliphatic heterocycles. The summed E-state index contributed by atoms with van der Waals surface area (Å²) < 4.78 is 10.9. The minimum absolute atomic E-state index is 0. The second-order valence-electron chi connectivity index (χ2n) is 5.79. The van der Waals surface area contributed by atoms with E-state index in [1.165, 1.54) is 0 Å². The number of fused-ring (bicyclic) bond motifs is 1. The summed E-state index contributed by atoms with van der Waals surface area (Å²) in [5, 5.41) is 16.7. The van der Waals surface area contributed by atoms with Gasteiger partial charge in [-0.25, -0.2) is 0 Å². The summed E-state index contributed by atoms with van der Waals surface area (Å²) in [4.78, 5) is 4.28. The number of aromatic hydroxyl groups is 1. The molecule has 2 aromatic carbocycles. The number of aliphatic imine (C=N–C) groups is 1. The van der Waals surface area contributed by atoms with Gasteiger partial charge in [-0.3, -0.25) is 4.99 Å². The van der Waals surface area contributed by atoms with Crippen LogP contribution >= 0.6 is 24.0 Å². The minimum Gasteiger partial charge on any atom is -0.508 e. The number of phenolic OH excluding ortho intramolecular Hbond substituents is 1. The van der Waals surface area contributed by atoms with E-state index in [0.717, 1.165) is 23.3 Å². The van der Waals surface area contributed by atoms with Crippen LogP contribution in [0, 0.1) is 0 Å². The van der Waals surface area contributed by atoms with Crippen molar-refractivity contribution < 1.29 is 14.6 Å². The molecule has 1 unspecified atom stereocenters. The highest BCUT2D eigenvalue weighted by atomic mass is 127. The number of benzene rings is 2. The maximum absolute atomic E-state index is 10.00. The van der Waals surface area contributed by atoms with Crippen molar-refractivity contribution in [3.05, 3.63) is 53.6 Å². The van der Waals surface area contributed by atoms with Gasteiger partial charge in [0.05, 0.1) is 19.8 Å². The molecule has 0 radical (unpaired) electrons. The van der Waals surface area contributed by atoms with E-state index in [-0.39, 0.29) is 35.8 Å². The van der Waals surface area contributed by atoms with Crippen molar-refractivity contribution in [3.8, 4) is 17.2 Å². The smallest absolute Gasteiger partial charge is 0.191 e. The number of nitrogens with zero attached hydrogens (tertiary/aromatic N) is 1. The average Bonchev–Trinajstić information content (AvgIpc) is 2.66. The summed E-state index contributed by atoms with van der Waals surface area (Å²) >= 11 is 0. The number of hydrogen-bond donors (Lipinski definition) is 3. The summed E-state index contributed by atoms with van der Waals surface area (Å²) in [7, 11) is 3.33. The molecule has 0 aliphatic carbocycles. The van der Waals surface area contributed by atoms with Gasteiger partial charge in [0, 0.05) is 31.1 Å². The van der Waals surface area contributed by atoms with Crippen LogP contribution in [0.15, 0.2) is 47.5 Å². The largest absolute Gasteiger partial charge is 0.508 e. The highest BCUT2D eigenvalue weighted by Crippen LogP contribution is 2.31. The molecule has 2 aromatic rings. The number of methoxy groups -OCH3 is 1. The van der Waals surface area contributed by atoms with E-state index in [2.05, 4.69) is 21.7 Å². The zero-order valence-electron chi connectivity index (χ0n) is 14.9. The molecule has 0 aromatic heterocycles. The summed E-state index contributed by atoms with van der Waals surface area (Å²) in [5.74, 6) is 2.51. The number of nitrogens with one attached hydrogen (secondary N) is 2. The lowest BCUT2D eigenvalue weighted by molar-refractivity contribution is 0.261. The molecule has 1 heterocycles. The molecular formula is C19H24IN3O3. The van der Waals surface area contributed by atoms with Gasteiger partial charge in [0.15, 0.2) is 5.96 Å². The van der Waals surface area contributed by atoms with Gasteiger partial charge >= 0.3 is 0 Å². The number of halogens is 1. The van der Waals surface area contributed by atoms with Crippen LogP contribution < -0.4 is 20.1 Å². The first-order chi connectivity index (χ1) is 12.2. The van der Waals surface area contributed by atoms with Crippen LogP contribution in [0.5, 0.6) is 17.2 Å². The number of rotatable bonds is 4. The standard InChI is InChI=1S/C19H23N3O3.HI/c1-20-19(21-12-13-11-14(24-2)7-8-17(13)23)22-16-9-10-25-18-6-4-3-5-15(16)18;/h3-8,11,16,23H,9-10,12H2,1-2H3,(H2,20,21,22);1H. The summed E-state index contributed by atoms with van der Waals surface area (Å²) in [5.41, 5.74) is 1.87. The molecule has 1 atom stereocenters. The fraction of sp³-hybridized carbons (Fsp3) is 0.316. The van der Waals surface area contributed by atoms with Crippen molar-refractivity contribution in [2.24, 2.45) is 4.99 Å². The Bertz CT molecular complexity index is 767. The summed E-state index contributed by atoms with van der Waals surface area (Å²) in [6.45, 7) is 1.11. The third kappa shape index (κ3) is 4.72. The normalized spacial score (nSPS) is 15.9. The number of phenols is 1. The predicted molar refractivity (Wildman–Crippen MR) is 113 cm³/mol. The summed E-state index contributed by atoms with van der Waals surface area (Å²) in [6, 6.07) is 13.3.